The zero-order valence-corrected chi connectivity index (χ0v) is 9.02. The number of aliphatic hydroxyl groups is 1. The second-order valence-electron chi connectivity index (χ2n) is 4.05. The number of hydrogen-bond acceptors (Lipinski definition) is 5. The molecular weight excluding hydrogens is 212 g/mol. The minimum atomic E-state index is -0.403. The largest absolute Gasteiger partial charge is 0.465 e. The number of amides is 1. The van der Waals surface area contributed by atoms with E-state index in [-0.39, 0.29) is 19.1 Å². The van der Waals surface area contributed by atoms with Gasteiger partial charge in [-0.05, 0) is 24.9 Å². The summed E-state index contributed by atoms with van der Waals surface area (Å²) in [7, 11) is 0. The SMILES string of the molecule is Cc1cc(OCC(=O)NC2(CO)CC2)no1. The highest BCUT2D eigenvalue weighted by Gasteiger charge is 2.43. The summed E-state index contributed by atoms with van der Waals surface area (Å²) >= 11 is 0. The van der Waals surface area contributed by atoms with Crippen LogP contribution in [-0.4, -0.2) is 34.9 Å². The van der Waals surface area contributed by atoms with Gasteiger partial charge in [-0.25, -0.2) is 0 Å². The topological polar surface area (TPSA) is 84.6 Å². The Morgan fingerprint density at radius 1 is 1.75 bits per heavy atom. The van der Waals surface area contributed by atoms with Gasteiger partial charge in [0.05, 0.1) is 12.1 Å². The van der Waals surface area contributed by atoms with Crippen LogP contribution in [0.1, 0.15) is 18.6 Å². The number of rotatable bonds is 5. The molecule has 1 saturated carbocycles. The molecule has 6 heteroatoms. The molecule has 0 spiro atoms. The summed E-state index contributed by atoms with van der Waals surface area (Å²) in [6, 6.07) is 1.60. The van der Waals surface area contributed by atoms with Gasteiger partial charge in [-0.1, -0.05) is 0 Å². The van der Waals surface area contributed by atoms with Crippen LogP contribution < -0.4 is 10.1 Å². The molecule has 1 aliphatic carbocycles. The lowest BCUT2D eigenvalue weighted by atomic mass is 10.3. The maximum Gasteiger partial charge on any atom is 0.258 e. The minimum absolute atomic E-state index is 0.0260. The molecule has 2 rings (SSSR count). The summed E-state index contributed by atoms with van der Waals surface area (Å²) in [6.07, 6.45) is 1.64. The van der Waals surface area contributed by atoms with Crippen LogP contribution in [0.3, 0.4) is 0 Å². The number of aryl methyl sites for hydroxylation is 1. The molecule has 2 N–H and O–H groups in total. The average Bonchev–Trinajstić information content (AvgIpc) is 2.91. The number of nitrogens with zero attached hydrogens (tertiary/aromatic N) is 1. The van der Waals surface area contributed by atoms with Crippen LogP contribution in [0.4, 0.5) is 0 Å². The molecule has 1 amide bonds. The third-order valence-corrected chi connectivity index (χ3v) is 2.52. The van der Waals surface area contributed by atoms with Crippen molar-refractivity contribution in [1.29, 1.82) is 0 Å². The molecule has 1 fully saturated rings. The van der Waals surface area contributed by atoms with Gasteiger partial charge in [-0.2, -0.15) is 0 Å². The predicted octanol–water partition coefficient (Wildman–Crippen LogP) is 0.00292. The first-order valence-corrected chi connectivity index (χ1v) is 5.12. The van der Waals surface area contributed by atoms with Crippen molar-refractivity contribution >= 4 is 5.91 Å². The summed E-state index contributed by atoms with van der Waals surface area (Å²) in [6.45, 7) is 1.60. The molecule has 88 valence electrons. The Balaban J connectivity index is 1.76. The molecule has 6 nitrogen and oxygen atoms in total. The Morgan fingerprint density at radius 2 is 2.50 bits per heavy atom. The Labute approximate surface area is 92.6 Å². The van der Waals surface area contributed by atoms with Gasteiger partial charge in [0.1, 0.15) is 5.76 Å². The van der Waals surface area contributed by atoms with E-state index in [0.29, 0.717) is 11.6 Å². The lowest BCUT2D eigenvalue weighted by Gasteiger charge is -2.13. The van der Waals surface area contributed by atoms with Gasteiger partial charge < -0.3 is 19.7 Å². The van der Waals surface area contributed by atoms with Crippen molar-refractivity contribution in [2.24, 2.45) is 0 Å². The molecule has 0 saturated heterocycles. The van der Waals surface area contributed by atoms with Crippen LogP contribution in [0.5, 0.6) is 5.88 Å². The van der Waals surface area contributed by atoms with E-state index < -0.39 is 5.54 Å². The molecule has 0 aromatic carbocycles. The highest BCUT2D eigenvalue weighted by atomic mass is 16.5. The van der Waals surface area contributed by atoms with Gasteiger partial charge in [0.15, 0.2) is 6.61 Å². The number of nitrogens with one attached hydrogen (secondary N) is 1. The van der Waals surface area contributed by atoms with Crippen LogP contribution in [0.2, 0.25) is 0 Å². The fraction of sp³-hybridized carbons (Fsp3) is 0.600. The fourth-order valence-electron chi connectivity index (χ4n) is 1.36. The van der Waals surface area contributed by atoms with E-state index in [9.17, 15) is 4.79 Å². The summed E-state index contributed by atoms with van der Waals surface area (Å²) in [5, 5.41) is 15.3. The van der Waals surface area contributed by atoms with Crippen molar-refractivity contribution in [3.63, 3.8) is 0 Å². The average molecular weight is 226 g/mol. The van der Waals surface area contributed by atoms with Crippen LogP contribution in [-0.2, 0) is 4.79 Å². The van der Waals surface area contributed by atoms with E-state index >= 15 is 0 Å². The molecule has 16 heavy (non-hydrogen) atoms. The fourth-order valence-corrected chi connectivity index (χ4v) is 1.36. The Hall–Kier alpha value is -1.56. The quantitative estimate of drug-likeness (QED) is 0.738. The maximum atomic E-state index is 11.4. The van der Waals surface area contributed by atoms with E-state index in [1.807, 2.05) is 0 Å². The van der Waals surface area contributed by atoms with Crippen molar-refractivity contribution in [2.45, 2.75) is 25.3 Å². The van der Waals surface area contributed by atoms with Gasteiger partial charge in [0.25, 0.3) is 11.8 Å². The van der Waals surface area contributed by atoms with E-state index in [1.54, 1.807) is 13.0 Å². The number of ether oxygens (including phenoxy) is 1. The number of aromatic nitrogens is 1. The number of carbonyl (C=O) groups is 1. The van der Waals surface area contributed by atoms with E-state index in [1.165, 1.54) is 0 Å². The molecule has 1 aromatic heterocycles. The van der Waals surface area contributed by atoms with Crippen molar-refractivity contribution in [1.82, 2.24) is 10.5 Å². The molecule has 1 aromatic rings. The molecule has 0 aliphatic heterocycles. The van der Waals surface area contributed by atoms with Gasteiger partial charge in [-0.3, -0.25) is 4.79 Å². The first-order chi connectivity index (χ1) is 7.63. The van der Waals surface area contributed by atoms with Crippen molar-refractivity contribution in [3.05, 3.63) is 11.8 Å². The highest BCUT2D eigenvalue weighted by Crippen LogP contribution is 2.34. The second-order valence-corrected chi connectivity index (χ2v) is 4.05. The van der Waals surface area contributed by atoms with Crippen molar-refractivity contribution < 1.29 is 19.2 Å². The summed E-state index contributed by atoms with van der Waals surface area (Å²) in [5.74, 6) is 0.665. The highest BCUT2D eigenvalue weighted by molar-refractivity contribution is 5.78. The third kappa shape index (κ3) is 2.52. The summed E-state index contributed by atoms with van der Waals surface area (Å²) in [4.78, 5) is 11.4. The molecule has 1 aliphatic rings. The third-order valence-electron chi connectivity index (χ3n) is 2.52. The molecular formula is C10H14N2O4. The summed E-state index contributed by atoms with van der Waals surface area (Å²) < 4.78 is 9.89. The van der Waals surface area contributed by atoms with Crippen LogP contribution in [0, 0.1) is 6.92 Å². The molecule has 0 atom stereocenters. The molecule has 0 radical (unpaired) electrons. The smallest absolute Gasteiger partial charge is 0.258 e. The van der Waals surface area contributed by atoms with E-state index in [2.05, 4.69) is 10.5 Å². The Kier molecular flexibility index (Phi) is 2.82. The van der Waals surface area contributed by atoms with Gasteiger partial charge in [0.2, 0.25) is 0 Å². The second kappa shape index (κ2) is 4.13. The van der Waals surface area contributed by atoms with Crippen LogP contribution >= 0.6 is 0 Å². The maximum absolute atomic E-state index is 11.4. The zero-order chi connectivity index (χ0) is 11.6. The first kappa shape index (κ1) is 10.9. The Morgan fingerprint density at radius 3 is 3.00 bits per heavy atom. The number of carbonyl (C=O) groups excluding carboxylic acids is 1. The first-order valence-electron chi connectivity index (χ1n) is 5.12. The van der Waals surface area contributed by atoms with E-state index in [0.717, 1.165) is 12.8 Å². The molecule has 1 heterocycles. The minimum Gasteiger partial charge on any atom is -0.465 e. The monoisotopic (exact) mass is 226 g/mol. The van der Waals surface area contributed by atoms with Crippen LogP contribution in [0.15, 0.2) is 10.6 Å². The van der Waals surface area contributed by atoms with E-state index in [4.69, 9.17) is 14.4 Å². The molecule has 0 bridgehead atoms. The predicted molar refractivity (Wildman–Crippen MR) is 53.9 cm³/mol. The Bertz CT molecular complexity index is 384. The van der Waals surface area contributed by atoms with Crippen molar-refractivity contribution in [2.75, 3.05) is 13.2 Å². The lowest BCUT2D eigenvalue weighted by molar-refractivity contribution is -0.124. The number of hydrogen-bond donors (Lipinski definition) is 2. The standard InChI is InChI=1S/C10H14N2O4/c1-7-4-9(12-16-7)15-5-8(14)11-10(6-13)2-3-10/h4,13H,2-3,5-6H2,1H3,(H,11,14). The van der Waals surface area contributed by atoms with Gasteiger partial charge >= 0.3 is 0 Å². The van der Waals surface area contributed by atoms with Crippen LogP contribution in [0.25, 0.3) is 0 Å². The summed E-state index contributed by atoms with van der Waals surface area (Å²) in [5.41, 5.74) is -0.403. The zero-order valence-electron chi connectivity index (χ0n) is 9.02. The number of aliphatic hydroxyl groups excluding tert-OH is 1. The normalized spacial score (nSPS) is 16.9. The molecule has 0 unspecified atom stereocenters. The lowest BCUT2D eigenvalue weighted by Crippen LogP contribution is -2.42. The van der Waals surface area contributed by atoms with Crippen molar-refractivity contribution in [3.8, 4) is 5.88 Å². The van der Waals surface area contributed by atoms with Gasteiger partial charge in [0, 0.05) is 6.07 Å². The van der Waals surface area contributed by atoms with Gasteiger partial charge in [-0.15, -0.1) is 0 Å².